The number of hydrogen-bond donors (Lipinski definition) is 2. The molecule has 1 fully saturated rings. The van der Waals surface area contributed by atoms with Gasteiger partial charge in [0.05, 0.1) is 23.9 Å². The molecule has 0 saturated carbocycles. The third-order valence-corrected chi connectivity index (χ3v) is 6.38. The van der Waals surface area contributed by atoms with E-state index < -0.39 is 0 Å². The van der Waals surface area contributed by atoms with Crippen molar-refractivity contribution in [3.05, 3.63) is 90.6 Å². The van der Waals surface area contributed by atoms with Gasteiger partial charge in [-0.25, -0.2) is 9.31 Å². The minimum Gasteiger partial charge on any atom is -0.383 e. The number of likely N-dealkylation sites (tertiary alicyclic amines) is 1. The summed E-state index contributed by atoms with van der Waals surface area (Å²) >= 11 is 0. The molecule has 0 spiro atoms. The lowest BCUT2D eigenvalue weighted by Crippen LogP contribution is -2.42. The van der Waals surface area contributed by atoms with Crippen LogP contribution in [0.25, 0.3) is 16.8 Å². The van der Waals surface area contributed by atoms with Gasteiger partial charge in [0, 0.05) is 44.4 Å². The predicted octanol–water partition coefficient (Wildman–Crippen LogP) is 4.24. The average Bonchev–Trinajstić information content (AvgIpc) is 3.45. The maximum atomic E-state index is 13.3. The highest BCUT2D eigenvalue weighted by atomic mass is 16.5. The molecule has 34 heavy (non-hydrogen) atoms. The van der Waals surface area contributed by atoms with Gasteiger partial charge in [0.2, 0.25) is 0 Å². The highest BCUT2D eigenvalue weighted by Gasteiger charge is 2.34. The van der Waals surface area contributed by atoms with Crippen LogP contribution in [0.3, 0.4) is 0 Å². The van der Waals surface area contributed by atoms with Gasteiger partial charge in [0.25, 0.3) is 0 Å². The van der Waals surface area contributed by atoms with Gasteiger partial charge in [-0.15, -0.1) is 0 Å². The number of fused-ring (bicyclic) bond motifs is 1. The quantitative estimate of drug-likeness (QED) is 0.437. The first-order valence-corrected chi connectivity index (χ1v) is 11.6. The van der Waals surface area contributed by atoms with E-state index in [0.29, 0.717) is 12.3 Å². The standard InChI is InChI=1S/C27H29N5O2/c1-34-17-16-31-18-22(20-10-4-2-5-11-20)23(19-31)28-27(33)29-26-24-14-8-9-15-32(24)30-25(26)21-12-6-3-7-13-21/h2-15,22-23H,16-19H2,1H3,(H2,28,29,33)/t22?,23-/m1/s1. The summed E-state index contributed by atoms with van der Waals surface area (Å²) in [5, 5.41) is 11.1. The lowest BCUT2D eigenvalue weighted by Gasteiger charge is -2.20. The van der Waals surface area contributed by atoms with Crippen molar-refractivity contribution in [2.45, 2.75) is 12.0 Å². The second-order valence-electron chi connectivity index (χ2n) is 8.59. The fourth-order valence-corrected chi connectivity index (χ4v) is 4.71. The third kappa shape index (κ3) is 4.66. The van der Waals surface area contributed by atoms with Crippen molar-refractivity contribution >= 4 is 17.2 Å². The Morgan fingerprint density at radius 1 is 1.00 bits per heavy atom. The molecule has 1 aliphatic rings. The van der Waals surface area contributed by atoms with Crippen molar-refractivity contribution in [3.8, 4) is 11.3 Å². The molecular formula is C27H29N5O2. The van der Waals surface area contributed by atoms with Crippen molar-refractivity contribution < 1.29 is 9.53 Å². The second kappa shape index (κ2) is 10.1. The molecule has 2 atom stereocenters. The fraction of sp³-hybridized carbons (Fsp3) is 0.259. The van der Waals surface area contributed by atoms with E-state index in [1.165, 1.54) is 5.56 Å². The van der Waals surface area contributed by atoms with E-state index >= 15 is 0 Å². The molecule has 0 bridgehead atoms. The molecule has 7 nitrogen and oxygen atoms in total. The largest absolute Gasteiger partial charge is 0.383 e. The molecule has 174 valence electrons. The van der Waals surface area contributed by atoms with E-state index in [0.717, 1.165) is 36.4 Å². The number of pyridine rings is 1. The molecule has 1 aliphatic heterocycles. The Kier molecular flexibility index (Phi) is 6.56. The summed E-state index contributed by atoms with van der Waals surface area (Å²) in [6, 6.07) is 25.9. The summed E-state index contributed by atoms with van der Waals surface area (Å²) in [5.74, 6) is 0.210. The number of hydrogen-bond acceptors (Lipinski definition) is 4. The molecule has 2 N–H and O–H groups in total. The van der Waals surface area contributed by atoms with Crippen LogP contribution in [0.5, 0.6) is 0 Å². The highest BCUT2D eigenvalue weighted by Crippen LogP contribution is 2.32. The number of rotatable bonds is 7. The maximum absolute atomic E-state index is 13.3. The van der Waals surface area contributed by atoms with E-state index in [2.05, 4.69) is 39.8 Å². The number of nitrogens with one attached hydrogen (secondary N) is 2. The van der Waals surface area contributed by atoms with E-state index in [1.807, 2.05) is 60.8 Å². The minimum atomic E-state index is -0.226. The number of carbonyl (C=O) groups excluding carboxylic acids is 1. The van der Waals surface area contributed by atoms with Gasteiger partial charge >= 0.3 is 6.03 Å². The number of nitrogens with zero attached hydrogens (tertiary/aromatic N) is 3. The van der Waals surface area contributed by atoms with Crippen LogP contribution < -0.4 is 10.6 Å². The van der Waals surface area contributed by atoms with Crippen molar-refractivity contribution in [3.63, 3.8) is 0 Å². The van der Waals surface area contributed by atoms with Crippen LogP contribution in [0.15, 0.2) is 85.1 Å². The van der Waals surface area contributed by atoms with Crippen LogP contribution in [0, 0.1) is 0 Å². The lowest BCUT2D eigenvalue weighted by molar-refractivity contribution is 0.159. The molecule has 1 unspecified atom stereocenters. The van der Waals surface area contributed by atoms with Crippen LogP contribution in [-0.4, -0.2) is 59.9 Å². The fourth-order valence-electron chi connectivity index (χ4n) is 4.71. The van der Waals surface area contributed by atoms with Crippen LogP contribution in [0.4, 0.5) is 10.5 Å². The van der Waals surface area contributed by atoms with Gasteiger partial charge in [0.15, 0.2) is 0 Å². The summed E-state index contributed by atoms with van der Waals surface area (Å²) in [4.78, 5) is 15.6. The Balaban J connectivity index is 1.39. The first-order valence-electron chi connectivity index (χ1n) is 11.6. The van der Waals surface area contributed by atoms with Gasteiger partial charge in [-0.05, 0) is 17.7 Å². The Morgan fingerprint density at radius 2 is 1.74 bits per heavy atom. The number of benzene rings is 2. The van der Waals surface area contributed by atoms with Crippen LogP contribution in [0.1, 0.15) is 11.5 Å². The molecule has 2 amide bonds. The number of anilines is 1. The van der Waals surface area contributed by atoms with E-state index in [9.17, 15) is 4.79 Å². The second-order valence-corrected chi connectivity index (χ2v) is 8.59. The Morgan fingerprint density at radius 3 is 2.50 bits per heavy atom. The smallest absolute Gasteiger partial charge is 0.319 e. The summed E-state index contributed by atoms with van der Waals surface area (Å²) in [7, 11) is 1.72. The molecule has 2 aromatic heterocycles. The van der Waals surface area contributed by atoms with Crippen molar-refractivity contribution in [1.29, 1.82) is 0 Å². The average molecular weight is 456 g/mol. The maximum Gasteiger partial charge on any atom is 0.319 e. The normalized spacial score (nSPS) is 18.3. The van der Waals surface area contributed by atoms with E-state index in [4.69, 9.17) is 9.84 Å². The minimum absolute atomic E-state index is 0.0127. The van der Waals surface area contributed by atoms with Crippen LogP contribution >= 0.6 is 0 Å². The molecule has 0 aliphatic carbocycles. The van der Waals surface area contributed by atoms with Gasteiger partial charge in [-0.1, -0.05) is 66.7 Å². The molecule has 4 aromatic rings. The number of methoxy groups -OCH3 is 1. The Hall–Kier alpha value is -3.68. The zero-order valence-corrected chi connectivity index (χ0v) is 19.2. The van der Waals surface area contributed by atoms with Crippen LogP contribution in [-0.2, 0) is 4.74 Å². The number of amides is 2. The first-order chi connectivity index (χ1) is 16.7. The monoisotopic (exact) mass is 455 g/mol. The Labute approximate surface area is 199 Å². The van der Waals surface area contributed by atoms with Gasteiger partial charge < -0.3 is 15.4 Å². The van der Waals surface area contributed by atoms with E-state index in [-0.39, 0.29) is 18.0 Å². The SMILES string of the molecule is COCCN1CC(c2ccccc2)[C@H](NC(=O)Nc2c(-c3ccccc3)nn3ccccc23)C1. The number of aromatic nitrogens is 2. The molecule has 7 heteroatoms. The van der Waals surface area contributed by atoms with Crippen molar-refractivity contribution in [2.75, 3.05) is 38.7 Å². The summed E-state index contributed by atoms with van der Waals surface area (Å²) in [6.07, 6.45) is 1.89. The third-order valence-electron chi connectivity index (χ3n) is 6.38. The molecule has 0 radical (unpaired) electrons. The predicted molar refractivity (Wildman–Crippen MR) is 134 cm³/mol. The van der Waals surface area contributed by atoms with E-state index in [1.54, 1.807) is 11.6 Å². The highest BCUT2D eigenvalue weighted by molar-refractivity contribution is 6.00. The molecule has 5 rings (SSSR count). The zero-order valence-electron chi connectivity index (χ0n) is 19.2. The zero-order chi connectivity index (χ0) is 23.3. The lowest BCUT2D eigenvalue weighted by atomic mass is 9.94. The molecule has 3 heterocycles. The number of urea groups is 1. The number of ether oxygens (including phenoxy) is 1. The molecule has 2 aromatic carbocycles. The first kappa shape index (κ1) is 22.1. The van der Waals surface area contributed by atoms with Gasteiger partial charge in [-0.3, -0.25) is 4.90 Å². The summed E-state index contributed by atoms with van der Waals surface area (Å²) in [5.41, 5.74) is 4.48. The summed E-state index contributed by atoms with van der Waals surface area (Å²) < 4.78 is 7.08. The Bertz CT molecular complexity index is 1240. The topological polar surface area (TPSA) is 70.9 Å². The van der Waals surface area contributed by atoms with Crippen molar-refractivity contribution in [1.82, 2.24) is 19.8 Å². The summed E-state index contributed by atoms with van der Waals surface area (Å²) in [6.45, 7) is 3.16. The van der Waals surface area contributed by atoms with Crippen molar-refractivity contribution in [2.24, 2.45) is 0 Å². The molecular weight excluding hydrogens is 426 g/mol. The molecule has 1 saturated heterocycles. The van der Waals surface area contributed by atoms with Crippen LogP contribution in [0.2, 0.25) is 0 Å². The van der Waals surface area contributed by atoms with Gasteiger partial charge in [-0.2, -0.15) is 5.10 Å². The van der Waals surface area contributed by atoms with Gasteiger partial charge in [0.1, 0.15) is 5.69 Å². The number of carbonyl (C=O) groups is 1.